The Bertz CT molecular complexity index is 1540. The fourth-order valence-electron chi connectivity index (χ4n) is 6.17. The molecule has 10 heteroatoms. The number of ether oxygens (including phenoxy) is 1. The Labute approximate surface area is 231 Å². The number of thiocarbonyl (C=S) groups is 1. The number of likely N-dealkylation sites (tertiary alicyclic amines) is 1. The van der Waals surface area contributed by atoms with Crippen molar-refractivity contribution < 1.29 is 19.0 Å². The summed E-state index contributed by atoms with van der Waals surface area (Å²) < 4.78 is 23.5. The van der Waals surface area contributed by atoms with Gasteiger partial charge in [-0.25, -0.2) is 9.18 Å². The number of hydrogen-bond donors (Lipinski definition) is 2. The molecule has 1 aromatic heterocycles. The third-order valence-electron chi connectivity index (χ3n) is 8.23. The van der Waals surface area contributed by atoms with Crippen molar-refractivity contribution in [1.29, 1.82) is 0 Å². The maximum atomic E-state index is 15.9. The van der Waals surface area contributed by atoms with Crippen LogP contribution in [0.1, 0.15) is 47.6 Å². The van der Waals surface area contributed by atoms with E-state index >= 15 is 4.39 Å². The Balaban J connectivity index is 1.37. The number of methoxy groups -OCH3 is 1. The summed E-state index contributed by atoms with van der Waals surface area (Å²) in [6.45, 7) is 4.05. The van der Waals surface area contributed by atoms with Gasteiger partial charge in [-0.05, 0) is 68.9 Å². The van der Waals surface area contributed by atoms with E-state index in [1.54, 1.807) is 4.57 Å². The molecule has 0 amide bonds. The fourth-order valence-corrected chi connectivity index (χ4v) is 6.52. The quantitative estimate of drug-likeness (QED) is 0.439. The van der Waals surface area contributed by atoms with Crippen molar-refractivity contribution >= 4 is 45.6 Å². The number of aromatic nitrogens is 1. The van der Waals surface area contributed by atoms with Crippen LogP contribution in [-0.2, 0) is 0 Å². The molecule has 3 aromatic rings. The summed E-state index contributed by atoms with van der Waals surface area (Å²) >= 11 is 5.82. The van der Waals surface area contributed by atoms with Crippen molar-refractivity contribution in [2.75, 3.05) is 37.0 Å². The molecule has 3 fully saturated rings. The number of aryl methyl sites for hydroxylation is 1. The second kappa shape index (κ2) is 9.82. The molecule has 1 saturated carbocycles. The van der Waals surface area contributed by atoms with Crippen LogP contribution in [0.25, 0.3) is 10.9 Å². The van der Waals surface area contributed by atoms with Crippen LogP contribution in [0.3, 0.4) is 0 Å². The molecule has 39 heavy (non-hydrogen) atoms. The molecular formula is C29H31FN4O4S. The molecule has 2 unspecified atom stereocenters. The smallest absolute Gasteiger partial charge is 0.341 e. The third kappa shape index (κ3) is 4.50. The van der Waals surface area contributed by atoms with E-state index in [2.05, 4.69) is 10.2 Å². The van der Waals surface area contributed by atoms with Crippen molar-refractivity contribution in [2.45, 2.75) is 44.7 Å². The van der Waals surface area contributed by atoms with Gasteiger partial charge >= 0.3 is 5.97 Å². The summed E-state index contributed by atoms with van der Waals surface area (Å²) in [6.07, 6.45) is 5.11. The van der Waals surface area contributed by atoms with Crippen LogP contribution < -0.4 is 20.4 Å². The fraction of sp³-hybridized carbons (Fsp3) is 0.414. The van der Waals surface area contributed by atoms with Crippen LogP contribution in [0.5, 0.6) is 5.75 Å². The highest BCUT2D eigenvalue weighted by atomic mass is 32.1. The molecule has 2 saturated heterocycles. The molecule has 0 spiro atoms. The number of anilines is 2. The highest BCUT2D eigenvalue weighted by molar-refractivity contribution is 7.80. The lowest BCUT2D eigenvalue weighted by Crippen LogP contribution is -2.50. The number of rotatable bonds is 5. The number of fused-ring (bicyclic) bond motifs is 2. The lowest BCUT2D eigenvalue weighted by molar-refractivity contribution is 0.0694. The standard InChI is InChI=1S/C29H31FN4O4S/c1-16-5-7-18(8-6-16)31-29(39)33-11-3-4-17-13-32(15-23(17)33)25-22(30)12-20-24(27(25)38-2)34(19-9-10-19)14-21(26(20)35)28(36)37/h5-8,12,14,17,19,23H,3-4,9-11,13,15H2,1-2H3,(H,31,39)(H,36,37). The summed E-state index contributed by atoms with van der Waals surface area (Å²) in [6, 6.07) is 9.44. The van der Waals surface area contributed by atoms with Crippen molar-refractivity contribution in [3.63, 3.8) is 0 Å². The van der Waals surface area contributed by atoms with Gasteiger partial charge in [-0.15, -0.1) is 0 Å². The topological polar surface area (TPSA) is 87.0 Å². The average molecular weight is 551 g/mol. The van der Waals surface area contributed by atoms with Crippen LogP contribution in [0.4, 0.5) is 15.8 Å². The number of carboxylic acids is 1. The van der Waals surface area contributed by atoms with Gasteiger partial charge in [-0.1, -0.05) is 17.7 Å². The van der Waals surface area contributed by atoms with Crippen LogP contribution in [-0.4, -0.2) is 58.4 Å². The molecule has 3 aliphatic rings. The lowest BCUT2D eigenvalue weighted by atomic mass is 9.92. The number of benzene rings is 2. The van der Waals surface area contributed by atoms with E-state index in [-0.39, 0.29) is 34.7 Å². The SMILES string of the molecule is COc1c(N2CC3CCCN(C(=S)Nc4ccc(C)cc4)C3C2)c(F)cc2c(=O)c(C(=O)O)cn(C3CC3)c12. The number of nitrogens with zero attached hydrogens (tertiary/aromatic N) is 3. The highest BCUT2D eigenvalue weighted by Gasteiger charge is 2.42. The van der Waals surface area contributed by atoms with Crippen LogP contribution >= 0.6 is 12.2 Å². The molecule has 2 aliphatic heterocycles. The zero-order chi connectivity index (χ0) is 27.4. The zero-order valence-electron chi connectivity index (χ0n) is 21.9. The Kier molecular flexibility index (Phi) is 6.45. The van der Waals surface area contributed by atoms with Gasteiger partial charge in [0.05, 0.1) is 24.1 Å². The van der Waals surface area contributed by atoms with E-state index < -0.39 is 17.2 Å². The molecular weight excluding hydrogens is 519 g/mol. The molecule has 2 N–H and O–H groups in total. The van der Waals surface area contributed by atoms with E-state index in [9.17, 15) is 14.7 Å². The zero-order valence-corrected chi connectivity index (χ0v) is 22.8. The van der Waals surface area contributed by atoms with Crippen molar-refractivity contribution in [3.05, 3.63) is 63.7 Å². The van der Waals surface area contributed by atoms with Crippen LogP contribution in [0.15, 0.2) is 41.3 Å². The average Bonchev–Trinajstić information content (AvgIpc) is 3.67. The monoisotopic (exact) mass is 550 g/mol. The van der Waals surface area contributed by atoms with Crippen LogP contribution in [0, 0.1) is 18.7 Å². The summed E-state index contributed by atoms with van der Waals surface area (Å²) in [4.78, 5) is 29.0. The molecule has 3 heterocycles. The van der Waals surface area contributed by atoms with Crippen molar-refractivity contribution in [1.82, 2.24) is 9.47 Å². The van der Waals surface area contributed by atoms with E-state index in [1.165, 1.54) is 24.9 Å². The number of nitrogens with one attached hydrogen (secondary N) is 1. The Morgan fingerprint density at radius 3 is 2.59 bits per heavy atom. The summed E-state index contributed by atoms with van der Waals surface area (Å²) in [5, 5.41) is 13.7. The Morgan fingerprint density at radius 1 is 1.18 bits per heavy atom. The molecule has 204 valence electrons. The first-order valence-electron chi connectivity index (χ1n) is 13.3. The van der Waals surface area contributed by atoms with Gasteiger partial charge in [0, 0.05) is 37.6 Å². The van der Waals surface area contributed by atoms with Gasteiger partial charge in [0.1, 0.15) is 11.3 Å². The first kappa shape index (κ1) is 25.6. The van der Waals surface area contributed by atoms with E-state index in [1.807, 2.05) is 36.1 Å². The Morgan fingerprint density at radius 2 is 1.92 bits per heavy atom. The van der Waals surface area contributed by atoms with Gasteiger partial charge in [-0.3, -0.25) is 4.79 Å². The minimum Gasteiger partial charge on any atom is -0.492 e. The summed E-state index contributed by atoms with van der Waals surface area (Å²) in [5.74, 6) is -1.35. The van der Waals surface area contributed by atoms with Gasteiger partial charge in [0.15, 0.2) is 16.7 Å². The van der Waals surface area contributed by atoms with E-state index in [0.29, 0.717) is 29.4 Å². The summed E-state index contributed by atoms with van der Waals surface area (Å²) in [5.41, 5.74) is 1.81. The molecule has 6 rings (SSSR count). The molecule has 2 atom stereocenters. The predicted molar refractivity (Wildman–Crippen MR) is 153 cm³/mol. The van der Waals surface area contributed by atoms with E-state index in [4.69, 9.17) is 17.0 Å². The number of halogens is 1. The predicted octanol–water partition coefficient (Wildman–Crippen LogP) is 4.79. The van der Waals surface area contributed by atoms with Gasteiger partial charge in [0.2, 0.25) is 5.43 Å². The minimum absolute atomic E-state index is 0.0293. The van der Waals surface area contributed by atoms with Gasteiger partial charge in [-0.2, -0.15) is 0 Å². The maximum Gasteiger partial charge on any atom is 0.341 e. The number of pyridine rings is 1. The van der Waals surface area contributed by atoms with E-state index in [0.717, 1.165) is 37.9 Å². The van der Waals surface area contributed by atoms with Crippen molar-refractivity contribution in [3.8, 4) is 5.75 Å². The van der Waals surface area contributed by atoms with Gasteiger partial charge in [0.25, 0.3) is 0 Å². The molecule has 1 aliphatic carbocycles. The number of carboxylic acid groups (broad SMARTS) is 1. The number of piperidine rings is 1. The molecule has 0 radical (unpaired) electrons. The molecule has 0 bridgehead atoms. The van der Waals surface area contributed by atoms with Gasteiger partial charge < -0.3 is 29.5 Å². The third-order valence-corrected chi connectivity index (χ3v) is 8.57. The first-order chi connectivity index (χ1) is 18.8. The molecule has 8 nitrogen and oxygen atoms in total. The lowest BCUT2D eigenvalue weighted by Gasteiger charge is -2.38. The largest absolute Gasteiger partial charge is 0.492 e. The normalized spacial score (nSPS) is 20.7. The Hall–Kier alpha value is -3.66. The second-order valence-corrected chi connectivity index (χ2v) is 11.2. The maximum absolute atomic E-state index is 15.9. The van der Waals surface area contributed by atoms with Crippen LogP contribution in [0.2, 0.25) is 0 Å². The number of aromatic carboxylic acids is 1. The second-order valence-electron chi connectivity index (χ2n) is 10.8. The highest BCUT2D eigenvalue weighted by Crippen LogP contribution is 2.45. The number of carbonyl (C=O) groups is 1. The minimum atomic E-state index is -1.32. The molecule has 2 aromatic carbocycles. The first-order valence-corrected chi connectivity index (χ1v) is 13.8. The van der Waals surface area contributed by atoms with Crippen molar-refractivity contribution in [2.24, 2.45) is 5.92 Å². The summed E-state index contributed by atoms with van der Waals surface area (Å²) in [7, 11) is 1.47. The number of hydrogen-bond acceptors (Lipinski definition) is 5.